The summed E-state index contributed by atoms with van der Waals surface area (Å²) in [6.07, 6.45) is -6.85. The lowest BCUT2D eigenvalue weighted by Crippen LogP contribution is -2.20. The highest BCUT2D eigenvalue weighted by Crippen LogP contribution is 2.34. The van der Waals surface area contributed by atoms with Gasteiger partial charge in [0, 0.05) is 18.0 Å². The first-order chi connectivity index (χ1) is 7.38. The molecule has 0 fully saturated rings. The summed E-state index contributed by atoms with van der Waals surface area (Å²) in [6.45, 7) is 0. The van der Waals surface area contributed by atoms with Crippen LogP contribution in [0.15, 0.2) is 18.5 Å². The average Bonchev–Trinajstić information content (AvgIpc) is 2.26. The van der Waals surface area contributed by atoms with Gasteiger partial charge in [0.1, 0.15) is 6.10 Å². The van der Waals surface area contributed by atoms with E-state index in [1.54, 1.807) is 0 Å². The molecule has 1 heterocycles. The number of hydrogen-bond acceptors (Lipinski definition) is 4. The zero-order chi connectivity index (χ0) is 12.3. The van der Waals surface area contributed by atoms with Crippen molar-refractivity contribution in [2.75, 3.05) is 0 Å². The van der Waals surface area contributed by atoms with Crippen molar-refractivity contribution in [3.63, 3.8) is 0 Å². The van der Waals surface area contributed by atoms with Gasteiger partial charge in [-0.3, -0.25) is 4.98 Å². The van der Waals surface area contributed by atoms with Crippen molar-refractivity contribution in [3.05, 3.63) is 29.6 Å². The molecular weight excluding hydrogens is 225 g/mol. The van der Waals surface area contributed by atoms with Gasteiger partial charge in [0.2, 0.25) is 0 Å². The minimum atomic E-state index is -4.67. The van der Waals surface area contributed by atoms with E-state index in [4.69, 9.17) is 10.4 Å². The molecule has 4 nitrogen and oxygen atoms in total. The van der Waals surface area contributed by atoms with Gasteiger partial charge in [-0.1, -0.05) is 0 Å². The third kappa shape index (κ3) is 2.48. The molecule has 0 radical (unpaired) electrons. The first-order valence-corrected chi connectivity index (χ1v) is 4.14. The summed E-state index contributed by atoms with van der Waals surface area (Å²) in [5.41, 5.74) is -1.74. The Balaban J connectivity index is 3.20. The van der Waals surface area contributed by atoms with Gasteiger partial charge in [-0.25, -0.2) is 0 Å². The standard InChI is InChI=1S/C9H7F3N2O2/c10-9(11,12)6-1-2-14-4-5(6)8(16)7(15)3-13/h1-2,4,7-8,15-16H. The molecule has 1 aromatic rings. The predicted octanol–water partition coefficient (Wildman–Crippen LogP) is 1.02. The summed E-state index contributed by atoms with van der Waals surface area (Å²) in [7, 11) is 0. The van der Waals surface area contributed by atoms with E-state index in [0.29, 0.717) is 6.07 Å². The van der Waals surface area contributed by atoms with Gasteiger partial charge >= 0.3 is 6.18 Å². The van der Waals surface area contributed by atoms with E-state index in [-0.39, 0.29) is 0 Å². The quantitative estimate of drug-likeness (QED) is 0.746. The van der Waals surface area contributed by atoms with E-state index in [1.165, 1.54) is 6.07 Å². The second-order valence-corrected chi connectivity index (χ2v) is 2.98. The summed E-state index contributed by atoms with van der Waals surface area (Å²) >= 11 is 0. The monoisotopic (exact) mass is 232 g/mol. The Morgan fingerprint density at radius 1 is 1.38 bits per heavy atom. The summed E-state index contributed by atoms with van der Waals surface area (Å²) < 4.78 is 37.4. The van der Waals surface area contributed by atoms with Crippen molar-refractivity contribution in [1.29, 1.82) is 5.26 Å². The first-order valence-electron chi connectivity index (χ1n) is 4.14. The van der Waals surface area contributed by atoms with Crippen molar-refractivity contribution in [2.45, 2.75) is 18.4 Å². The molecule has 0 bridgehead atoms. The number of aliphatic hydroxyl groups is 2. The predicted molar refractivity (Wildman–Crippen MR) is 45.8 cm³/mol. The highest BCUT2D eigenvalue weighted by molar-refractivity contribution is 5.29. The lowest BCUT2D eigenvalue weighted by molar-refractivity contribution is -0.139. The number of hydrogen-bond donors (Lipinski definition) is 2. The van der Waals surface area contributed by atoms with Crippen LogP contribution in [-0.4, -0.2) is 21.3 Å². The Hall–Kier alpha value is -1.65. The molecule has 0 spiro atoms. The molecule has 0 saturated heterocycles. The Morgan fingerprint density at radius 3 is 2.50 bits per heavy atom. The van der Waals surface area contributed by atoms with Crippen LogP contribution >= 0.6 is 0 Å². The highest BCUT2D eigenvalue weighted by Gasteiger charge is 2.36. The number of aromatic nitrogens is 1. The Kier molecular flexibility index (Phi) is 3.47. The van der Waals surface area contributed by atoms with Crippen LogP contribution in [0.1, 0.15) is 17.2 Å². The molecule has 2 N–H and O–H groups in total. The molecule has 2 unspecified atom stereocenters. The van der Waals surface area contributed by atoms with Crippen LogP contribution in [0, 0.1) is 11.3 Å². The molecule has 2 atom stereocenters. The van der Waals surface area contributed by atoms with Crippen LogP contribution in [0.4, 0.5) is 13.2 Å². The topological polar surface area (TPSA) is 77.1 Å². The van der Waals surface area contributed by atoms with E-state index in [2.05, 4.69) is 4.98 Å². The fraction of sp³-hybridized carbons (Fsp3) is 0.333. The molecule has 16 heavy (non-hydrogen) atoms. The van der Waals surface area contributed by atoms with Crippen LogP contribution in [0.3, 0.4) is 0 Å². The molecule has 1 aromatic heterocycles. The lowest BCUT2D eigenvalue weighted by atomic mass is 10.0. The fourth-order valence-electron chi connectivity index (χ4n) is 1.14. The Morgan fingerprint density at radius 2 is 2.00 bits per heavy atom. The van der Waals surface area contributed by atoms with E-state index in [1.807, 2.05) is 0 Å². The van der Waals surface area contributed by atoms with Crippen LogP contribution in [-0.2, 0) is 6.18 Å². The zero-order valence-corrected chi connectivity index (χ0v) is 7.81. The zero-order valence-electron chi connectivity index (χ0n) is 7.81. The first kappa shape index (κ1) is 12.4. The maximum absolute atomic E-state index is 12.5. The van der Waals surface area contributed by atoms with E-state index in [9.17, 15) is 18.3 Å². The maximum Gasteiger partial charge on any atom is 0.416 e. The highest BCUT2D eigenvalue weighted by atomic mass is 19.4. The van der Waals surface area contributed by atoms with E-state index >= 15 is 0 Å². The fourth-order valence-corrected chi connectivity index (χ4v) is 1.14. The Labute approximate surface area is 88.6 Å². The van der Waals surface area contributed by atoms with Crippen molar-refractivity contribution in [3.8, 4) is 6.07 Å². The van der Waals surface area contributed by atoms with Crippen molar-refractivity contribution >= 4 is 0 Å². The maximum atomic E-state index is 12.5. The molecule has 0 aromatic carbocycles. The normalized spacial score (nSPS) is 15.2. The molecule has 86 valence electrons. The SMILES string of the molecule is N#CC(O)C(O)c1cnccc1C(F)(F)F. The number of aliphatic hydroxyl groups excluding tert-OH is 2. The molecule has 0 aliphatic carbocycles. The van der Waals surface area contributed by atoms with Gasteiger partial charge in [-0.2, -0.15) is 18.4 Å². The average molecular weight is 232 g/mol. The largest absolute Gasteiger partial charge is 0.416 e. The minimum Gasteiger partial charge on any atom is -0.384 e. The second kappa shape index (κ2) is 4.47. The van der Waals surface area contributed by atoms with Crippen LogP contribution < -0.4 is 0 Å². The molecule has 1 rings (SSSR count). The van der Waals surface area contributed by atoms with Gasteiger partial charge in [-0.05, 0) is 6.07 Å². The third-order valence-corrected chi connectivity index (χ3v) is 1.91. The summed E-state index contributed by atoms with van der Waals surface area (Å²) in [5.74, 6) is 0. The molecule has 0 aliphatic heterocycles. The number of pyridine rings is 1. The smallest absolute Gasteiger partial charge is 0.384 e. The summed E-state index contributed by atoms with van der Waals surface area (Å²) in [6, 6.07) is 1.92. The number of alkyl halides is 3. The molecule has 0 aliphatic rings. The number of halogens is 3. The molecular formula is C9H7F3N2O2. The lowest BCUT2D eigenvalue weighted by Gasteiger charge is -2.17. The molecule has 7 heteroatoms. The molecule has 0 amide bonds. The van der Waals surface area contributed by atoms with Crippen molar-refractivity contribution in [1.82, 2.24) is 4.98 Å². The Bertz CT molecular complexity index is 414. The van der Waals surface area contributed by atoms with Crippen molar-refractivity contribution in [2.24, 2.45) is 0 Å². The van der Waals surface area contributed by atoms with Crippen molar-refractivity contribution < 1.29 is 23.4 Å². The number of nitriles is 1. The molecule has 0 saturated carbocycles. The summed E-state index contributed by atoms with van der Waals surface area (Å²) in [4.78, 5) is 3.42. The number of nitrogens with zero attached hydrogens (tertiary/aromatic N) is 2. The van der Waals surface area contributed by atoms with Gasteiger partial charge in [-0.15, -0.1) is 0 Å². The van der Waals surface area contributed by atoms with Crippen LogP contribution in [0.2, 0.25) is 0 Å². The van der Waals surface area contributed by atoms with Gasteiger partial charge in [0.05, 0.1) is 11.6 Å². The van der Waals surface area contributed by atoms with E-state index in [0.717, 1.165) is 12.4 Å². The van der Waals surface area contributed by atoms with E-state index < -0.39 is 29.5 Å². The van der Waals surface area contributed by atoms with Gasteiger partial charge < -0.3 is 10.2 Å². The summed E-state index contributed by atoms with van der Waals surface area (Å²) in [5, 5.41) is 26.6. The third-order valence-electron chi connectivity index (χ3n) is 1.91. The van der Waals surface area contributed by atoms with Crippen LogP contribution in [0.25, 0.3) is 0 Å². The van der Waals surface area contributed by atoms with Gasteiger partial charge in [0.25, 0.3) is 0 Å². The van der Waals surface area contributed by atoms with Gasteiger partial charge in [0.15, 0.2) is 6.10 Å². The number of rotatable bonds is 2. The minimum absolute atomic E-state index is 0.621. The second-order valence-electron chi connectivity index (χ2n) is 2.98. The van der Waals surface area contributed by atoms with Crippen LogP contribution in [0.5, 0.6) is 0 Å².